The van der Waals surface area contributed by atoms with Gasteiger partial charge in [0.1, 0.15) is 0 Å². The van der Waals surface area contributed by atoms with Crippen molar-refractivity contribution in [1.29, 1.82) is 0 Å². The minimum absolute atomic E-state index is 0.876. The van der Waals surface area contributed by atoms with Crippen molar-refractivity contribution in [2.24, 2.45) is 0 Å². The van der Waals surface area contributed by atoms with Gasteiger partial charge in [-0.1, -0.05) is 101 Å². The summed E-state index contributed by atoms with van der Waals surface area (Å²) in [6.45, 7) is 0. The summed E-state index contributed by atoms with van der Waals surface area (Å²) in [5.74, 6) is 0. The van der Waals surface area contributed by atoms with Crippen molar-refractivity contribution < 1.29 is 0 Å². The van der Waals surface area contributed by atoms with Gasteiger partial charge in [-0.2, -0.15) is 0 Å². The Balaban J connectivity index is 1.76. The number of halogens is 1. The fourth-order valence-electron chi connectivity index (χ4n) is 4.27. The molecule has 0 N–H and O–H groups in total. The summed E-state index contributed by atoms with van der Waals surface area (Å²) in [6, 6.07) is 35.7. The van der Waals surface area contributed by atoms with E-state index in [1.807, 2.05) is 18.2 Å². The first kappa shape index (κ1) is 18.2. The lowest BCUT2D eigenvalue weighted by Crippen LogP contribution is -1.97. The molecule has 0 aliphatic carbocycles. The van der Waals surface area contributed by atoms with Crippen LogP contribution in [0.25, 0.3) is 55.1 Å². The zero-order valence-corrected chi connectivity index (χ0v) is 18.2. The third kappa shape index (κ3) is 3.09. The van der Waals surface area contributed by atoms with Crippen molar-refractivity contribution in [3.05, 3.63) is 108 Å². The molecule has 0 saturated heterocycles. The lowest BCUT2D eigenvalue weighted by molar-refractivity contribution is 1.30. The molecular formula is C28H17BrN2. The van der Waals surface area contributed by atoms with Crippen molar-refractivity contribution >= 4 is 48.5 Å². The normalized spacial score (nSPS) is 11.4. The molecule has 6 rings (SSSR count). The van der Waals surface area contributed by atoms with Gasteiger partial charge in [-0.05, 0) is 39.7 Å². The molecule has 0 saturated carbocycles. The van der Waals surface area contributed by atoms with Gasteiger partial charge in [0.25, 0.3) is 0 Å². The number of aromatic nitrogens is 2. The largest absolute Gasteiger partial charge is 0.244 e. The quantitative estimate of drug-likeness (QED) is 0.261. The number of benzene rings is 5. The Morgan fingerprint density at radius 2 is 1.00 bits per heavy atom. The molecule has 1 heterocycles. The maximum atomic E-state index is 5.15. The van der Waals surface area contributed by atoms with Crippen LogP contribution in [0.3, 0.4) is 0 Å². The zero-order valence-electron chi connectivity index (χ0n) is 16.6. The van der Waals surface area contributed by atoms with E-state index in [4.69, 9.17) is 9.97 Å². The Morgan fingerprint density at radius 1 is 0.484 bits per heavy atom. The van der Waals surface area contributed by atoms with Crippen LogP contribution in [-0.2, 0) is 0 Å². The van der Waals surface area contributed by atoms with E-state index in [1.165, 1.54) is 21.5 Å². The van der Waals surface area contributed by atoms with E-state index >= 15 is 0 Å². The first-order valence-electron chi connectivity index (χ1n) is 10.2. The first-order valence-corrected chi connectivity index (χ1v) is 11.0. The number of hydrogen-bond donors (Lipinski definition) is 0. The number of nitrogens with zero attached hydrogens (tertiary/aromatic N) is 2. The summed E-state index contributed by atoms with van der Waals surface area (Å²) >= 11 is 3.58. The molecular weight excluding hydrogens is 444 g/mol. The molecule has 0 fully saturated rings. The monoisotopic (exact) mass is 460 g/mol. The molecule has 3 heteroatoms. The molecule has 146 valence electrons. The van der Waals surface area contributed by atoms with Crippen LogP contribution in [0.5, 0.6) is 0 Å². The van der Waals surface area contributed by atoms with Gasteiger partial charge < -0.3 is 0 Å². The highest BCUT2D eigenvalue weighted by Gasteiger charge is 2.17. The van der Waals surface area contributed by atoms with Crippen LogP contribution < -0.4 is 0 Å². The molecule has 5 aromatic carbocycles. The van der Waals surface area contributed by atoms with E-state index in [0.29, 0.717) is 0 Å². The molecule has 6 aromatic rings. The predicted octanol–water partition coefficient (Wildman–Crippen LogP) is 8.03. The maximum Gasteiger partial charge on any atom is 0.0979 e. The van der Waals surface area contributed by atoms with Crippen LogP contribution in [0.2, 0.25) is 0 Å². The SMILES string of the molecule is Brc1ccc2nc(-c3cccc4ccccc34)c(-c3cccc4ccccc34)nc2c1. The molecule has 0 aliphatic rings. The zero-order chi connectivity index (χ0) is 20.8. The summed E-state index contributed by atoms with van der Waals surface area (Å²) in [5, 5.41) is 4.74. The predicted molar refractivity (Wildman–Crippen MR) is 133 cm³/mol. The minimum atomic E-state index is 0.876. The molecule has 0 radical (unpaired) electrons. The summed E-state index contributed by atoms with van der Waals surface area (Å²) in [7, 11) is 0. The summed E-state index contributed by atoms with van der Waals surface area (Å²) in [4.78, 5) is 10.3. The molecule has 0 unspecified atom stereocenters. The average molecular weight is 461 g/mol. The Morgan fingerprint density at radius 3 is 1.61 bits per heavy atom. The molecule has 0 atom stereocenters. The van der Waals surface area contributed by atoms with Crippen LogP contribution in [0.15, 0.2) is 108 Å². The van der Waals surface area contributed by atoms with E-state index < -0.39 is 0 Å². The smallest absolute Gasteiger partial charge is 0.0979 e. The van der Waals surface area contributed by atoms with E-state index in [9.17, 15) is 0 Å². The van der Waals surface area contributed by atoms with E-state index in [-0.39, 0.29) is 0 Å². The highest BCUT2D eigenvalue weighted by atomic mass is 79.9. The maximum absolute atomic E-state index is 5.15. The van der Waals surface area contributed by atoms with E-state index in [0.717, 1.165) is 38.0 Å². The Bertz CT molecular complexity index is 1590. The third-order valence-corrected chi connectivity index (χ3v) is 6.21. The number of hydrogen-bond acceptors (Lipinski definition) is 2. The van der Waals surface area contributed by atoms with Gasteiger partial charge in [-0.25, -0.2) is 9.97 Å². The standard InChI is InChI=1S/C28H17BrN2/c29-20-15-16-25-26(17-20)31-28(24-14-6-10-19-8-2-4-12-22(19)24)27(30-25)23-13-5-9-18-7-1-3-11-21(18)23/h1-17H. The molecule has 31 heavy (non-hydrogen) atoms. The second kappa shape index (κ2) is 7.29. The summed E-state index contributed by atoms with van der Waals surface area (Å²) in [6.07, 6.45) is 0. The lowest BCUT2D eigenvalue weighted by atomic mass is 9.95. The van der Waals surface area contributed by atoms with Gasteiger partial charge in [0.15, 0.2) is 0 Å². The van der Waals surface area contributed by atoms with Gasteiger partial charge in [0.2, 0.25) is 0 Å². The van der Waals surface area contributed by atoms with Crippen LogP contribution in [-0.4, -0.2) is 9.97 Å². The van der Waals surface area contributed by atoms with Crippen molar-refractivity contribution in [2.75, 3.05) is 0 Å². The van der Waals surface area contributed by atoms with Gasteiger partial charge in [0.05, 0.1) is 22.4 Å². The van der Waals surface area contributed by atoms with Crippen LogP contribution in [0, 0.1) is 0 Å². The third-order valence-electron chi connectivity index (χ3n) is 5.72. The van der Waals surface area contributed by atoms with Gasteiger partial charge in [-0.15, -0.1) is 0 Å². The van der Waals surface area contributed by atoms with Crippen LogP contribution >= 0.6 is 15.9 Å². The summed E-state index contributed by atoms with van der Waals surface area (Å²) in [5.41, 5.74) is 5.76. The lowest BCUT2D eigenvalue weighted by Gasteiger charge is -2.14. The molecule has 0 bridgehead atoms. The van der Waals surface area contributed by atoms with Crippen molar-refractivity contribution in [1.82, 2.24) is 9.97 Å². The Kier molecular flexibility index (Phi) is 4.29. The Labute approximate surface area is 188 Å². The Hall–Kier alpha value is -3.56. The molecule has 2 nitrogen and oxygen atoms in total. The van der Waals surface area contributed by atoms with E-state index in [2.05, 4.69) is 101 Å². The van der Waals surface area contributed by atoms with Crippen molar-refractivity contribution in [2.45, 2.75) is 0 Å². The van der Waals surface area contributed by atoms with Crippen molar-refractivity contribution in [3.8, 4) is 22.5 Å². The number of fused-ring (bicyclic) bond motifs is 3. The first-order chi connectivity index (χ1) is 15.3. The molecule has 0 amide bonds. The molecule has 0 spiro atoms. The summed E-state index contributed by atoms with van der Waals surface area (Å²) < 4.78 is 0.996. The number of rotatable bonds is 2. The fourth-order valence-corrected chi connectivity index (χ4v) is 4.62. The molecule has 1 aromatic heterocycles. The molecule has 0 aliphatic heterocycles. The minimum Gasteiger partial charge on any atom is -0.244 e. The average Bonchev–Trinajstić information content (AvgIpc) is 2.82. The highest BCUT2D eigenvalue weighted by molar-refractivity contribution is 9.10. The second-order valence-electron chi connectivity index (χ2n) is 7.61. The van der Waals surface area contributed by atoms with Gasteiger partial charge in [0, 0.05) is 15.6 Å². The second-order valence-corrected chi connectivity index (χ2v) is 8.52. The van der Waals surface area contributed by atoms with E-state index in [1.54, 1.807) is 0 Å². The van der Waals surface area contributed by atoms with Gasteiger partial charge in [-0.3, -0.25) is 0 Å². The fraction of sp³-hybridized carbons (Fsp3) is 0. The topological polar surface area (TPSA) is 25.8 Å². The van der Waals surface area contributed by atoms with Crippen molar-refractivity contribution in [3.63, 3.8) is 0 Å². The van der Waals surface area contributed by atoms with Crippen LogP contribution in [0.1, 0.15) is 0 Å². The van der Waals surface area contributed by atoms with Crippen LogP contribution in [0.4, 0.5) is 0 Å². The van der Waals surface area contributed by atoms with Gasteiger partial charge >= 0.3 is 0 Å². The highest BCUT2D eigenvalue weighted by Crippen LogP contribution is 2.38.